The Labute approximate surface area is 368 Å². The highest BCUT2D eigenvalue weighted by atomic mass is 15.1. The van der Waals surface area contributed by atoms with E-state index in [-0.39, 0.29) is 0 Å². The van der Waals surface area contributed by atoms with Gasteiger partial charge in [-0.3, -0.25) is 0 Å². The van der Waals surface area contributed by atoms with E-state index in [1.807, 2.05) is 0 Å². The Bertz CT molecular complexity index is 3190. The number of hydrogen-bond acceptors (Lipinski definition) is 1. The molecule has 0 aliphatic heterocycles. The van der Waals surface area contributed by atoms with E-state index in [9.17, 15) is 0 Å². The van der Waals surface area contributed by atoms with Gasteiger partial charge in [-0.2, -0.15) is 0 Å². The number of para-hydroxylation sites is 1. The van der Waals surface area contributed by atoms with Crippen molar-refractivity contribution in [2.45, 2.75) is 10.8 Å². The molecule has 0 atom stereocenters. The fraction of sp³-hybridized carbons (Fsp3) is 0.0323. The maximum absolute atomic E-state index is 2.52. The van der Waals surface area contributed by atoms with Crippen LogP contribution < -0.4 is 4.90 Å². The molecule has 294 valence electrons. The zero-order chi connectivity index (χ0) is 41.5. The first kappa shape index (κ1) is 35.7. The van der Waals surface area contributed by atoms with Crippen molar-refractivity contribution in [3.63, 3.8) is 0 Å². The van der Waals surface area contributed by atoms with E-state index in [1.54, 1.807) is 0 Å². The van der Waals surface area contributed by atoms with Crippen LogP contribution in [0.1, 0.15) is 44.5 Å². The average Bonchev–Trinajstić information content (AvgIpc) is 3.95. The van der Waals surface area contributed by atoms with E-state index in [1.165, 1.54) is 89.0 Å². The molecule has 0 saturated heterocycles. The molecule has 1 nitrogen and oxygen atoms in total. The summed E-state index contributed by atoms with van der Waals surface area (Å²) in [4.78, 5) is 2.52. The van der Waals surface area contributed by atoms with Gasteiger partial charge in [0.2, 0.25) is 0 Å². The Morgan fingerprint density at radius 3 is 1.03 bits per heavy atom. The molecule has 10 aromatic carbocycles. The predicted molar refractivity (Wildman–Crippen MR) is 260 cm³/mol. The van der Waals surface area contributed by atoms with Crippen LogP contribution in [-0.4, -0.2) is 0 Å². The summed E-state index contributed by atoms with van der Waals surface area (Å²) in [6.45, 7) is 0. The summed E-state index contributed by atoms with van der Waals surface area (Å²) in [5.74, 6) is 0. The maximum atomic E-state index is 2.52. The number of fused-ring (bicyclic) bond motifs is 13. The number of benzene rings is 10. The molecule has 0 fully saturated rings. The molecule has 3 aliphatic rings. The van der Waals surface area contributed by atoms with Gasteiger partial charge < -0.3 is 4.90 Å². The van der Waals surface area contributed by atoms with E-state index in [2.05, 4.69) is 254 Å². The monoisotopic (exact) mass is 799 g/mol. The van der Waals surface area contributed by atoms with Crippen LogP contribution in [0.25, 0.3) is 44.5 Å². The molecule has 63 heavy (non-hydrogen) atoms. The lowest BCUT2D eigenvalue weighted by atomic mass is 9.67. The molecule has 10 aromatic rings. The molecule has 0 saturated carbocycles. The molecule has 0 unspecified atom stereocenters. The standard InChI is InChI=1S/C62H41N/c1-4-20-42(21-5-1)47-26-14-19-35-60(47)63(45-36-38-52-50-29-10-15-31-54(50)61(58(52)40-45,43-22-6-2-7-23-43)44-24-8-3-9-25-44)46-37-39-53-51-30-13-18-34-57(51)62(59(53)41-46)55-32-16-11-27-48(55)49-28-12-17-33-56(49)62/h1-41H. The van der Waals surface area contributed by atoms with Crippen molar-refractivity contribution in [3.8, 4) is 44.5 Å². The van der Waals surface area contributed by atoms with Crippen molar-refractivity contribution in [1.29, 1.82) is 0 Å². The second-order valence-corrected chi connectivity index (χ2v) is 17.1. The summed E-state index contributed by atoms with van der Waals surface area (Å²) in [6, 6.07) is 92.7. The van der Waals surface area contributed by atoms with Crippen molar-refractivity contribution in [3.05, 3.63) is 293 Å². The fourth-order valence-corrected chi connectivity index (χ4v) is 11.8. The predicted octanol–water partition coefficient (Wildman–Crippen LogP) is 15.5. The topological polar surface area (TPSA) is 3.24 Å². The van der Waals surface area contributed by atoms with Crippen LogP contribution in [0.5, 0.6) is 0 Å². The van der Waals surface area contributed by atoms with E-state index in [4.69, 9.17) is 0 Å². The van der Waals surface area contributed by atoms with Crippen molar-refractivity contribution in [1.82, 2.24) is 0 Å². The third-order valence-electron chi connectivity index (χ3n) is 14.2. The second kappa shape index (κ2) is 13.8. The van der Waals surface area contributed by atoms with Gasteiger partial charge in [0.25, 0.3) is 0 Å². The highest BCUT2D eigenvalue weighted by Crippen LogP contribution is 2.64. The molecule has 1 heteroatoms. The van der Waals surface area contributed by atoms with E-state index in [0.717, 1.165) is 17.1 Å². The Kier molecular flexibility index (Phi) is 7.80. The van der Waals surface area contributed by atoms with Crippen molar-refractivity contribution in [2.75, 3.05) is 4.90 Å². The van der Waals surface area contributed by atoms with Gasteiger partial charge in [0, 0.05) is 16.9 Å². The molecule has 0 aromatic heterocycles. The van der Waals surface area contributed by atoms with E-state index in [0.29, 0.717) is 0 Å². The second-order valence-electron chi connectivity index (χ2n) is 17.1. The van der Waals surface area contributed by atoms with Gasteiger partial charge in [0.1, 0.15) is 0 Å². The average molecular weight is 800 g/mol. The number of nitrogens with zero attached hydrogens (tertiary/aromatic N) is 1. The molecule has 1 spiro atoms. The Morgan fingerprint density at radius 1 is 0.238 bits per heavy atom. The van der Waals surface area contributed by atoms with Gasteiger partial charge in [-0.25, -0.2) is 0 Å². The van der Waals surface area contributed by atoms with Gasteiger partial charge in [0.05, 0.1) is 16.5 Å². The van der Waals surface area contributed by atoms with Crippen LogP contribution in [0.3, 0.4) is 0 Å². The van der Waals surface area contributed by atoms with Crippen LogP contribution in [0.15, 0.2) is 249 Å². The number of anilines is 3. The molecule has 0 amide bonds. The lowest BCUT2D eigenvalue weighted by Gasteiger charge is -2.35. The van der Waals surface area contributed by atoms with E-state index < -0.39 is 10.8 Å². The van der Waals surface area contributed by atoms with Crippen LogP contribution in [-0.2, 0) is 10.8 Å². The summed E-state index contributed by atoms with van der Waals surface area (Å²) >= 11 is 0. The molecule has 3 aliphatic carbocycles. The van der Waals surface area contributed by atoms with Crippen LogP contribution in [0.2, 0.25) is 0 Å². The minimum absolute atomic E-state index is 0.463. The quantitative estimate of drug-likeness (QED) is 0.162. The smallest absolute Gasteiger partial charge is 0.0726 e. The third-order valence-corrected chi connectivity index (χ3v) is 14.2. The Morgan fingerprint density at radius 2 is 0.571 bits per heavy atom. The summed E-state index contributed by atoms with van der Waals surface area (Å²) in [5.41, 5.74) is 22.9. The Hall–Kier alpha value is -8.00. The van der Waals surface area contributed by atoms with Gasteiger partial charge in [-0.05, 0) is 114 Å². The Balaban J connectivity index is 1.11. The minimum Gasteiger partial charge on any atom is -0.310 e. The highest BCUT2D eigenvalue weighted by Gasteiger charge is 2.52. The summed E-state index contributed by atoms with van der Waals surface area (Å²) in [7, 11) is 0. The summed E-state index contributed by atoms with van der Waals surface area (Å²) < 4.78 is 0. The van der Waals surface area contributed by atoms with Crippen LogP contribution in [0, 0.1) is 0 Å². The van der Waals surface area contributed by atoms with Crippen LogP contribution in [0.4, 0.5) is 17.1 Å². The summed E-state index contributed by atoms with van der Waals surface area (Å²) in [6.07, 6.45) is 0. The maximum Gasteiger partial charge on any atom is 0.0726 e. The van der Waals surface area contributed by atoms with Crippen molar-refractivity contribution < 1.29 is 0 Å². The van der Waals surface area contributed by atoms with Crippen molar-refractivity contribution >= 4 is 17.1 Å². The zero-order valence-electron chi connectivity index (χ0n) is 34.6. The molecule has 13 rings (SSSR count). The summed E-state index contributed by atoms with van der Waals surface area (Å²) in [5, 5.41) is 0. The van der Waals surface area contributed by atoms with Gasteiger partial charge in [0.15, 0.2) is 0 Å². The number of hydrogen-bond donors (Lipinski definition) is 0. The molecule has 0 heterocycles. The van der Waals surface area contributed by atoms with Gasteiger partial charge in [-0.1, -0.05) is 218 Å². The van der Waals surface area contributed by atoms with Crippen LogP contribution >= 0.6 is 0 Å². The first-order chi connectivity index (χ1) is 31.3. The first-order valence-electron chi connectivity index (χ1n) is 22.0. The lowest BCUT2D eigenvalue weighted by molar-refractivity contribution is 0.768. The molecular weight excluding hydrogens is 759 g/mol. The van der Waals surface area contributed by atoms with Gasteiger partial charge in [-0.15, -0.1) is 0 Å². The molecule has 0 radical (unpaired) electrons. The largest absolute Gasteiger partial charge is 0.310 e. The number of rotatable bonds is 6. The molecule has 0 bridgehead atoms. The normalized spacial score (nSPS) is 14.0. The minimum atomic E-state index is -0.532. The lowest BCUT2D eigenvalue weighted by Crippen LogP contribution is -2.28. The first-order valence-corrected chi connectivity index (χ1v) is 22.0. The SMILES string of the molecule is c1ccc(-c2ccccc2N(c2ccc3c(c2)C(c2ccccc2)(c2ccccc2)c2ccccc2-3)c2ccc3c(c2)C2(c4ccccc4-c4ccccc42)c2ccccc2-3)cc1. The molecular formula is C62H41N. The third kappa shape index (κ3) is 4.88. The van der Waals surface area contributed by atoms with Gasteiger partial charge >= 0.3 is 0 Å². The highest BCUT2D eigenvalue weighted by molar-refractivity contribution is 5.98. The zero-order valence-corrected chi connectivity index (χ0v) is 34.6. The van der Waals surface area contributed by atoms with E-state index >= 15 is 0 Å². The van der Waals surface area contributed by atoms with Crippen molar-refractivity contribution in [2.24, 2.45) is 0 Å². The fourth-order valence-electron chi connectivity index (χ4n) is 11.8. The molecule has 0 N–H and O–H groups in total.